The molecule has 0 amide bonds. The van der Waals surface area contributed by atoms with Gasteiger partial charge in [0.1, 0.15) is 0 Å². The van der Waals surface area contributed by atoms with Crippen LogP contribution in [-0.4, -0.2) is 25.3 Å². The summed E-state index contributed by atoms with van der Waals surface area (Å²) in [6.45, 7) is 10.6. The number of hydrogen-bond donors (Lipinski definition) is 1. The van der Waals surface area contributed by atoms with E-state index in [-0.39, 0.29) is 5.60 Å². The fraction of sp³-hybridized carbons (Fsp3) is 1.00. The molecule has 0 aliphatic heterocycles. The molecule has 0 aromatic rings. The zero-order valence-electron chi connectivity index (χ0n) is 15.0. The van der Waals surface area contributed by atoms with E-state index in [9.17, 15) is 0 Å². The molecule has 2 aliphatic rings. The molecule has 0 saturated heterocycles. The lowest BCUT2D eigenvalue weighted by Crippen LogP contribution is -2.58. The summed E-state index contributed by atoms with van der Waals surface area (Å²) in [7, 11) is 1.95. The highest BCUT2D eigenvalue weighted by molar-refractivity contribution is 5.00. The van der Waals surface area contributed by atoms with Gasteiger partial charge >= 0.3 is 0 Å². The van der Waals surface area contributed by atoms with Gasteiger partial charge in [0.25, 0.3) is 0 Å². The molecule has 2 fully saturated rings. The van der Waals surface area contributed by atoms with Crippen LogP contribution in [0.2, 0.25) is 0 Å². The lowest BCUT2D eigenvalue weighted by Gasteiger charge is -2.49. The van der Waals surface area contributed by atoms with Gasteiger partial charge in [-0.05, 0) is 75.2 Å². The number of ether oxygens (including phenoxy) is 1. The first kappa shape index (κ1) is 17.3. The van der Waals surface area contributed by atoms with Gasteiger partial charge in [0.2, 0.25) is 0 Å². The zero-order valence-corrected chi connectivity index (χ0v) is 15.0. The predicted molar refractivity (Wildman–Crippen MR) is 90.5 cm³/mol. The molecule has 0 aromatic heterocycles. The van der Waals surface area contributed by atoms with Crippen molar-refractivity contribution >= 4 is 0 Å². The van der Waals surface area contributed by atoms with Crippen molar-refractivity contribution in [3.05, 3.63) is 0 Å². The van der Waals surface area contributed by atoms with Crippen molar-refractivity contribution in [3.8, 4) is 0 Å². The van der Waals surface area contributed by atoms with Gasteiger partial charge in [0.15, 0.2) is 0 Å². The molecule has 1 N–H and O–H groups in total. The maximum absolute atomic E-state index is 6.20. The van der Waals surface area contributed by atoms with E-state index in [0.717, 1.165) is 30.2 Å². The van der Waals surface area contributed by atoms with Crippen LogP contribution in [0.15, 0.2) is 0 Å². The van der Waals surface area contributed by atoms with Gasteiger partial charge in [-0.15, -0.1) is 0 Å². The summed E-state index contributed by atoms with van der Waals surface area (Å²) in [5, 5.41) is 3.84. The van der Waals surface area contributed by atoms with Crippen LogP contribution in [0, 0.1) is 23.7 Å². The van der Waals surface area contributed by atoms with E-state index in [1.54, 1.807) is 0 Å². The molecule has 3 atom stereocenters. The highest BCUT2D eigenvalue weighted by atomic mass is 16.5. The largest absolute Gasteiger partial charge is 0.377 e. The van der Waals surface area contributed by atoms with E-state index < -0.39 is 0 Å². The number of rotatable bonds is 5. The lowest BCUT2D eigenvalue weighted by molar-refractivity contribution is -0.0950. The SMILES string of the molecule is CCNC(C1CC(C)CC(C)C1)C1(OC)CCC(C)CC1. The van der Waals surface area contributed by atoms with Crippen LogP contribution in [0.4, 0.5) is 0 Å². The Labute approximate surface area is 132 Å². The fourth-order valence-electron chi connectivity index (χ4n) is 5.18. The Hall–Kier alpha value is -0.0800. The first-order valence-electron chi connectivity index (χ1n) is 9.29. The Morgan fingerprint density at radius 2 is 1.57 bits per heavy atom. The Morgan fingerprint density at radius 3 is 2.05 bits per heavy atom. The molecule has 124 valence electrons. The standard InChI is InChI=1S/C19H37NO/c1-6-20-18(17-12-15(3)11-16(4)13-17)19(21-5)9-7-14(2)8-10-19/h14-18,20H,6-13H2,1-5H3. The Balaban J connectivity index is 2.15. The Bertz CT molecular complexity index is 299. The molecule has 21 heavy (non-hydrogen) atoms. The van der Waals surface area contributed by atoms with Gasteiger partial charge in [-0.2, -0.15) is 0 Å². The summed E-state index contributed by atoms with van der Waals surface area (Å²) >= 11 is 0. The lowest BCUT2D eigenvalue weighted by atomic mass is 9.65. The van der Waals surface area contributed by atoms with Gasteiger partial charge in [-0.3, -0.25) is 0 Å². The van der Waals surface area contributed by atoms with Crippen LogP contribution in [0.25, 0.3) is 0 Å². The van der Waals surface area contributed by atoms with Crippen molar-refractivity contribution < 1.29 is 4.74 Å². The van der Waals surface area contributed by atoms with E-state index in [0.29, 0.717) is 6.04 Å². The Morgan fingerprint density at radius 1 is 1.00 bits per heavy atom. The summed E-state index contributed by atoms with van der Waals surface area (Å²) in [5.74, 6) is 3.41. The average molecular weight is 296 g/mol. The molecule has 0 heterocycles. The van der Waals surface area contributed by atoms with Crippen LogP contribution in [0.5, 0.6) is 0 Å². The van der Waals surface area contributed by atoms with Gasteiger partial charge in [0.05, 0.1) is 5.60 Å². The van der Waals surface area contributed by atoms with Crippen molar-refractivity contribution in [2.75, 3.05) is 13.7 Å². The summed E-state index contributed by atoms with van der Waals surface area (Å²) < 4.78 is 6.20. The summed E-state index contributed by atoms with van der Waals surface area (Å²) in [6, 6.07) is 0.546. The highest BCUT2D eigenvalue weighted by Gasteiger charge is 2.45. The predicted octanol–water partition coefficient (Wildman–Crippen LogP) is 4.63. The molecule has 2 rings (SSSR count). The molecule has 2 aliphatic carbocycles. The second-order valence-corrected chi connectivity index (χ2v) is 8.16. The molecule has 0 bridgehead atoms. The molecular formula is C19H37NO. The van der Waals surface area contributed by atoms with E-state index in [2.05, 4.69) is 33.0 Å². The van der Waals surface area contributed by atoms with Gasteiger partial charge in [0, 0.05) is 13.2 Å². The molecule has 2 heteroatoms. The molecule has 3 unspecified atom stereocenters. The van der Waals surface area contributed by atoms with Crippen LogP contribution in [0.3, 0.4) is 0 Å². The summed E-state index contributed by atoms with van der Waals surface area (Å²) in [4.78, 5) is 0. The zero-order chi connectivity index (χ0) is 15.5. The third kappa shape index (κ3) is 4.01. The minimum atomic E-state index is 0.0873. The minimum absolute atomic E-state index is 0.0873. The van der Waals surface area contributed by atoms with Crippen LogP contribution in [-0.2, 0) is 4.74 Å². The first-order chi connectivity index (χ1) is 10.0. The monoisotopic (exact) mass is 295 g/mol. The molecule has 2 saturated carbocycles. The maximum Gasteiger partial charge on any atom is 0.0833 e. The third-order valence-corrected chi connectivity index (χ3v) is 6.20. The minimum Gasteiger partial charge on any atom is -0.377 e. The second kappa shape index (κ2) is 7.46. The average Bonchev–Trinajstić information content (AvgIpc) is 2.45. The number of nitrogens with one attached hydrogen (secondary N) is 1. The van der Waals surface area contributed by atoms with E-state index in [1.165, 1.54) is 44.9 Å². The molecular weight excluding hydrogens is 258 g/mol. The fourth-order valence-corrected chi connectivity index (χ4v) is 5.18. The highest BCUT2D eigenvalue weighted by Crippen LogP contribution is 2.44. The van der Waals surface area contributed by atoms with Crippen molar-refractivity contribution in [2.24, 2.45) is 23.7 Å². The number of likely N-dealkylation sites (N-methyl/N-ethyl adjacent to an activating group) is 1. The normalized spacial score (nSPS) is 42.7. The van der Waals surface area contributed by atoms with Crippen molar-refractivity contribution in [3.63, 3.8) is 0 Å². The third-order valence-electron chi connectivity index (χ3n) is 6.20. The second-order valence-electron chi connectivity index (χ2n) is 8.16. The molecule has 2 nitrogen and oxygen atoms in total. The van der Waals surface area contributed by atoms with Crippen molar-refractivity contribution in [2.45, 2.75) is 84.3 Å². The van der Waals surface area contributed by atoms with Crippen LogP contribution >= 0.6 is 0 Å². The van der Waals surface area contributed by atoms with Gasteiger partial charge in [-0.25, -0.2) is 0 Å². The van der Waals surface area contributed by atoms with Gasteiger partial charge in [-0.1, -0.05) is 27.7 Å². The Kier molecular flexibility index (Phi) is 6.14. The molecule has 0 aromatic carbocycles. The maximum atomic E-state index is 6.20. The number of hydrogen-bond acceptors (Lipinski definition) is 2. The topological polar surface area (TPSA) is 21.3 Å². The van der Waals surface area contributed by atoms with Gasteiger partial charge < -0.3 is 10.1 Å². The quantitative estimate of drug-likeness (QED) is 0.798. The summed E-state index contributed by atoms with van der Waals surface area (Å²) in [5.41, 5.74) is 0.0873. The van der Waals surface area contributed by atoms with Crippen molar-refractivity contribution in [1.82, 2.24) is 5.32 Å². The number of methoxy groups -OCH3 is 1. The van der Waals surface area contributed by atoms with E-state index in [1.807, 2.05) is 7.11 Å². The smallest absolute Gasteiger partial charge is 0.0833 e. The van der Waals surface area contributed by atoms with Crippen molar-refractivity contribution in [1.29, 1.82) is 0 Å². The first-order valence-corrected chi connectivity index (χ1v) is 9.29. The van der Waals surface area contributed by atoms with E-state index in [4.69, 9.17) is 4.74 Å². The molecule has 0 radical (unpaired) electrons. The van der Waals surface area contributed by atoms with E-state index >= 15 is 0 Å². The molecule has 0 spiro atoms. The van der Waals surface area contributed by atoms with Crippen LogP contribution < -0.4 is 5.32 Å². The summed E-state index contributed by atoms with van der Waals surface area (Å²) in [6.07, 6.45) is 9.29. The van der Waals surface area contributed by atoms with Crippen LogP contribution in [0.1, 0.15) is 72.6 Å².